The summed E-state index contributed by atoms with van der Waals surface area (Å²) < 4.78 is 24.1. The molecule has 0 saturated carbocycles. The molecule has 198 valence electrons. The van der Waals surface area contributed by atoms with Crippen molar-refractivity contribution in [2.75, 3.05) is 13.2 Å². The van der Waals surface area contributed by atoms with E-state index in [1.54, 1.807) is 0 Å². The van der Waals surface area contributed by atoms with Crippen LogP contribution in [0.15, 0.2) is 34.4 Å². The summed E-state index contributed by atoms with van der Waals surface area (Å²) in [7, 11) is 0. The summed E-state index contributed by atoms with van der Waals surface area (Å²) >= 11 is -2.44. The van der Waals surface area contributed by atoms with E-state index in [1.807, 2.05) is 19.1 Å². The molecular formula is C30H50O4Sn. The Morgan fingerprint density at radius 2 is 1.63 bits per heavy atom. The predicted molar refractivity (Wildman–Crippen MR) is 149 cm³/mol. The van der Waals surface area contributed by atoms with Gasteiger partial charge < -0.3 is 0 Å². The van der Waals surface area contributed by atoms with Crippen molar-refractivity contribution in [1.82, 2.24) is 0 Å². The molecule has 1 heterocycles. The zero-order chi connectivity index (χ0) is 25.4. The first-order valence-corrected chi connectivity index (χ1v) is 22.0. The summed E-state index contributed by atoms with van der Waals surface area (Å²) in [4.78, 5) is 12.5. The molecule has 0 amide bonds. The molecule has 4 nitrogen and oxygen atoms in total. The maximum absolute atomic E-state index is 12.5. The number of allylic oxidation sites excluding steroid dienone is 1. The van der Waals surface area contributed by atoms with Crippen LogP contribution in [-0.4, -0.2) is 43.9 Å². The Kier molecular flexibility index (Phi) is 15.1. The number of esters is 1. The van der Waals surface area contributed by atoms with Gasteiger partial charge >= 0.3 is 220 Å². The Hall–Kier alpha value is -1.01. The molecule has 1 aliphatic heterocycles. The molecule has 0 aliphatic carbocycles. The number of carbonyl (C=O) groups is 1. The van der Waals surface area contributed by atoms with Crippen molar-refractivity contribution >= 4 is 24.3 Å². The van der Waals surface area contributed by atoms with Gasteiger partial charge in [0.15, 0.2) is 0 Å². The van der Waals surface area contributed by atoms with E-state index in [1.165, 1.54) is 51.8 Å². The van der Waals surface area contributed by atoms with Gasteiger partial charge in [0.05, 0.1) is 0 Å². The molecule has 0 radical (unpaired) electrons. The molecule has 1 aromatic rings. The number of ether oxygens (including phenoxy) is 3. The third-order valence-corrected chi connectivity index (χ3v) is 21.3. The van der Waals surface area contributed by atoms with Gasteiger partial charge in [-0.3, -0.25) is 0 Å². The summed E-state index contributed by atoms with van der Waals surface area (Å²) in [6.07, 6.45) is 13.7. The fourth-order valence-corrected chi connectivity index (χ4v) is 19.4. The molecule has 0 spiro atoms. The van der Waals surface area contributed by atoms with Crippen molar-refractivity contribution in [3.05, 3.63) is 40.0 Å². The second kappa shape index (κ2) is 17.4. The van der Waals surface area contributed by atoms with E-state index < -0.39 is 18.4 Å². The standard InChI is InChI=1S/C18H23O4.3C4H9.Sn/c1-3-14(13-17(19)20-4-2)15-8-10-16(11-9-15)22-18-7-5-6-12-21-18;3*1-3-4-2;/h1,3,8-11,14,18H,4-7,12-13H2,2H3;3*1,3-4H2,2H3;/t14-,18?;;;;/m0..../s1. The summed E-state index contributed by atoms with van der Waals surface area (Å²) in [5.41, 5.74) is 1.16. The predicted octanol–water partition coefficient (Wildman–Crippen LogP) is 8.57. The van der Waals surface area contributed by atoms with Gasteiger partial charge in [-0.1, -0.05) is 0 Å². The second-order valence-electron chi connectivity index (χ2n) is 10.1. The fraction of sp³-hybridized carbons (Fsp3) is 0.700. The molecule has 35 heavy (non-hydrogen) atoms. The maximum atomic E-state index is 12.5. The van der Waals surface area contributed by atoms with E-state index in [2.05, 4.69) is 43.1 Å². The average Bonchev–Trinajstić information content (AvgIpc) is 2.88. The zero-order valence-electron chi connectivity index (χ0n) is 22.9. The molecule has 0 aromatic heterocycles. The van der Waals surface area contributed by atoms with E-state index in [9.17, 15) is 4.79 Å². The van der Waals surface area contributed by atoms with E-state index in [0.717, 1.165) is 37.2 Å². The summed E-state index contributed by atoms with van der Waals surface area (Å²) in [6, 6.07) is 8.30. The Bertz CT molecular complexity index is 703. The molecule has 0 N–H and O–H groups in total. The van der Waals surface area contributed by atoms with Crippen molar-refractivity contribution in [3.8, 4) is 5.75 Å². The van der Waals surface area contributed by atoms with Crippen LogP contribution in [0.5, 0.6) is 5.75 Å². The Morgan fingerprint density at radius 1 is 1.00 bits per heavy atom. The van der Waals surface area contributed by atoms with Crippen LogP contribution in [0.1, 0.15) is 103 Å². The topological polar surface area (TPSA) is 44.8 Å². The average molecular weight is 593 g/mol. The molecule has 1 aliphatic rings. The molecule has 1 unspecified atom stereocenters. The number of benzene rings is 1. The monoisotopic (exact) mass is 594 g/mol. The molecule has 0 bridgehead atoms. The number of unbranched alkanes of at least 4 members (excludes halogenated alkanes) is 3. The first-order valence-electron chi connectivity index (χ1n) is 14.3. The van der Waals surface area contributed by atoms with Crippen LogP contribution in [0.3, 0.4) is 0 Å². The van der Waals surface area contributed by atoms with Gasteiger partial charge in [0.2, 0.25) is 0 Å². The third-order valence-electron chi connectivity index (χ3n) is 7.17. The molecule has 1 fully saturated rings. The van der Waals surface area contributed by atoms with Crippen molar-refractivity contribution in [2.45, 2.75) is 117 Å². The molecule has 5 heteroatoms. The van der Waals surface area contributed by atoms with Gasteiger partial charge in [0.1, 0.15) is 0 Å². The minimum atomic E-state index is -2.44. The summed E-state index contributed by atoms with van der Waals surface area (Å²) in [6.45, 7) is 10.0. The Balaban J connectivity index is 2.25. The molecule has 2 rings (SSSR count). The molecule has 2 atom stereocenters. The van der Waals surface area contributed by atoms with Crippen LogP contribution in [0.4, 0.5) is 0 Å². The normalized spacial score (nSPS) is 17.4. The Morgan fingerprint density at radius 3 is 2.14 bits per heavy atom. The van der Waals surface area contributed by atoms with Crippen molar-refractivity contribution < 1.29 is 19.0 Å². The molecule has 1 saturated heterocycles. The van der Waals surface area contributed by atoms with Crippen LogP contribution in [0.25, 0.3) is 0 Å². The number of hydrogen-bond acceptors (Lipinski definition) is 4. The van der Waals surface area contributed by atoms with Crippen LogP contribution in [0, 0.1) is 0 Å². The molecule has 1 aromatic carbocycles. The fourth-order valence-electron chi connectivity index (χ4n) is 4.98. The van der Waals surface area contributed by atoms with Crippen LogP contribution in [0.2, 0.25) is 13.3 Å². The quantitative estimate of drug-likeness (QED) is 0.134. The number of rotatable bonds is 17. The SMILES string of the molecule is CCC[CH2][Sn](/[CH]=C/[C@@H](CC(=O)OCC)c1ccc(OC2CCCCO2)cc1)([CH2]CCC)[CH2]CCC. The van der Waals surface area contributed by atoms with Gasteiger partial charge in [-0.2, -0.15) is 0 Å². The minimum absolute atomic E-state index is 0.0509. The van der Waals surface area contributed by atoms with Crippen LogP contribution >= 0.6 is 0 Å². The third kappa shape index (κ3) is 11.3. The van der Waals surface area contributed by atoms with Gasteiger partial charge in [0, 0.05) is 0 Å². The second-order valence-corrected chi connectivity index (χ2v) is 23.1. The van der Waals surface area contributed by atoms with Gasteiger partial charge in [-0.05, 0) is 0 Å². The van der Waals surface area contributed by atoms with E-state index in [-0.39, 0.29) is 18.2 Å². The van der Waals surface area contributed by atoms with Gasteiger partial charge in [-0.15, -0.1) is 0 Å². The zero-order valence-corrected chi connectivity index (χ0v) is 25.7. The first kappa shape index (κ1) is 30.2. The number of hydrogen-bond donors (Lipinski definition) is 0. The van der Waals surface area contributed by atoms with Crippen LogP contribution < -0.4 is 4.74 Å². The summed E-state index contributed by atoms with van der Waals surface area (Å²) in [5, 5.41) is 0. The van der Waals surface area contributed by atoms with E-state index in [4.69, 9.17) is 14.2 Å². The summed E-state index contributed by atoms with van der Waals surface area (Å²) in [5.74, 6) is 0.770. The first-order chi connectivity index (χ1) is 17.1. The van der Waals surface area contributed by atoms with Crippen molar-refractivity contribution in [3.63, 3.8) is 0 Å². The van der Waals surface area contributed by atoms with E-state index >= 15 is 0 Å². The van der Waals surface area contributed by atoms with Gasteiger partial charge in [0.25, 0.3) is 0 Å². The number of carbonyl (C=O) groups excluding carboxylic acids is 1. The Labute approximate surface area is 219 Å². The molecular weight excluding hydrogens is 543 g/mol. The van der Waals surface area contributed by atoms with Crippen LogP contribution in [-0.2, 0) is 14.3 Å². The van der Waals surface area contributed by atoms with E-state index in [0.29, 0.717) is 13.0 Å². The van der Waals surface area contributed by atoms with Crippen molar-refractivity contribution in [2.24, 2.45) is 0 Å². The van der Waals surface area contributed by atoms with Gasteiger partial charge in [-0.25, -0.2) is 0 Å². The van der Waals surface area contributed by atoms with Crippen molar-refractivity contribution in [1.29, 1.82) is 0 Å².